The number of rotatable bonds is 4. The van der Waals surface area contributed by atoms with Crippen molar-refractivity contribution in [3.05, 3.63) is 29.3 Å². The molecule has 0 atom stereocenters. The van der Waals surface area contributed by atoms with Crippen LogP contribution in [0.4, 0.5) is 0 Å². The molecule has 0 N–H and O–H groups in total. The summed E-state index contributed by atoms with van der Waals surface area (Å²) in [4.78, 5) is 10.9. The number of carbonyl (C=O) groups excluding carboxylic acids is 1. The van der Waals surface area contributed by atoms with Crippen molar-refractivity contribution in [3.8, 4) is 5.75 Å². The van der Waals surface area contributed by atoms with Crippen LogP contribution in [0.15, 0.2) is 18.2 Å². The molecule has 4 heteroatoms. The molecule has 0 saturated carbocycles. The van der Waals surface area contributed by atoms with Gasteiger partial charge in [-0.15, -0.1) is 11.6 Å². The number of halogens is 1. The Bertz CT molecular complexity index is 358. The van der Waals surface area contributed by atoms with Crippen molar-refractivity contribution in [2.24, 2.45) is 0 Å². The van der Waals surface area contributed by atoms with Crippen molar-refractivity contribution >= 4 is 26.2 Å². The van der Waals surface area contributed by atoms with E-state index in [-0.39, 0.29) is 0 Å². The molecule has 0 saturated heterocycles. The van der Waals surface area contributed by atoms with E-state index < -0.39 is 8.32 Å². The van der Waals surface area contributed by atoms with Crippen molar-refractivity contribution < 1.29 is 9.22 Å². The fraction of sp³-hybridized carbons (Fsp3) is 0.364. The standard InChI is InChI=1S/C11H15ClO2Si/c1-15(2,3)14-11-5-4-9(7-12)6-10(11)8-13/h4-6,8H,7H2,1-3H3. The molecular formula is C11H15ClO2Si. The molecule has 0 aliphatic carbocycles. The zero-order valence-electron chi connectivity index (χ0n) is 9.21. The average molecular weight is 243 g/mol. The summed E-state index contributed by atoms with van der Waals surface area (Å²) in [6.07, 6.45) is 0.811. The SMILES string of the molecule is C[Si](C)(C)Oc1ccc(CCl)cc1C=O. The highest BCUT2D eigenvalue weighted by molar-refractivity contribution is 6.70. The van der Waals surface area contributed by atoms with Crippen LogP contribution in [0.3, 0.4) is 0 Å². The first-order chi connectivity index (χ1) is 6.96. The Hall–Kier alpha value is -0.803. The fourth-order valence-electron chi connectivity index (χ4n) is 1.20. The average Bonchev–Trinajstić information content (AvgIpc) is 2.16. The van der Waals surface area contributed by atoms with Crippen molar-refractivity contribution in [2.45, 2.75) is 25.5 Å². The minimum atomic E-state index is -1.67. The van der Waals surface area contributed by atoms with Gasteiger partial charge in [0, 0.05) is 5.88 Å². The summed E-state index contributed by atoms with van der Waals surface area (Å²) in [5.41, 5.74) is 1.51. The van der Waals surface area contributed by atoms with Gasteiger partial charge in [0.05, 0.1) is 5.56 Å². The summed E-state index contributed by atoms with van der Waals surface area (Å²) in [6, 6.07) is 5.48. The first-order valence-corrected chi connectivity index (χ1v) is 8.73. The van der Waals surface area contributed by atoms with E-state index in [0.717, 1.165) is 11.8 Å². The first-order valence-electron chi connectivity index (χ1n) is 4.79. The van der Waals surface area contributed by atoms with Crippen molar-refractivity contribution in [3.63, 3.8) is 0 Å². The van der Waals surface area contributed by atoms with Gasteiger partial charge in [-0.1, -0.05) is 6.07 Å². The number of aldehydes is 1. The molecule has 0 amide bonds. The normalized spacial score (nSPS) is 11.2. The van der Waals surface area contributed by atoms with Crippen LogP contribution in [0.5, 0.6) is 5.75 Å². The molecule has 0 unspecified atom stereocenters. The number of hydrogen-bond donors (Lipinski definition) is 0. The van der Waals surface area contributed by atoms with E-state index in [9.17, 15) is 4.79 Å². The van der Waals surface area contributed by atoms with Gasteiger partial charge in [0.25, 0.3) is 0 Å². The molecule has 15 heavy (non-hydrogen) atoms. The van der Waals surface area contributed by atoms with Gasteiger partial charge in [-0.05, 0) is 37.3 Å². The van der Waals surface area contributed by atoms with E-state index in [4.69, 9.17) is 16.0 Å². The van der Waals surface area contributed by atoms with Crippen molar-refractivity contribution in [2.75, 3.05) is 0 Å². The van der Waals surface area contributed by atoms with E-state index in [1.54, 1.807) is 6.07 Å². The van der Waals surface area contributed by atoms with Gasteiger partial charge in [0.15, 0.2) is 6.29 Å². The van der Waals surface area contributed by atoms with E-state index >= 15 is 0 Å². The summed E-state index contributed by atoms with van der Waals surface area (Å²) in [5, 5.41) is 0. The molecule has 82 valence electrons. The first kappa shape index (κ1) is 12.3. The summed E-state index contributed by atoms with van der Waals surface area (Å²) in [7, 11) is -1.67. The zero-order valence-corrected chi connectivity index (χ0v) is 11.0. The van der Waals surface area contributed by atoms with Crippen LogP contribution in [-0.4, -0.2) is 14.6 Å². The monoisotopic (exact) mass is 242 g/mol. The van der Waals surface area contributed by atoms with Gasteiger partial charge >= 0.3 is 0 Å². The highest BCUT2D eigenvalue weighted by Gasteiger charge is 2.18. The molecular weight excluding hydrogens is 228 g/mol. The van der Waals surface area contributed by atoms with Crippen molar-refractivity contribution in [1.82, 2.24) is 0 Å². The third kappa shape index (κ3) is 3.68. The lowest BCUT2D eigenvalue weighted by atomic mass is 10.1. The lowest BCUT2D eigenvalue weighted by Crippen LogP contribution is -2.29. The molecule has 0 aliphatic rings. The molecule has 0 aliphatic heterocycles. The smallest absolute Gasteiger partial charge is 0.242 e. The van der Waals surface area contributed by atoms with Gasteiger partial charge in [-0.2, -0.15) is 0 Å². The van der Waals surface area contributed by atoms with Crippen LogP contribution in [0, 0.1) is 0 Å². The Morgan fingerprint density at radius 3 is 2.53 bits per heavy atom. The molecule has 1 rings (SSSR count). The van der Waals surface area contributed by atoms with Gasteiger partial charge < -0.3 is 4.43 Å². The molecule has 2 nitrogen and oxygen atoms in total. The van der Waals surface area contributed by atoms with E-state index in [0.29, 0.717) is 17.2 Å². The third-order valence-electron chi connectivity index (χ3n) is 1.77. The van der Waals surface area contributed by atoms with Crippen LogP contribution < -0.4 is 4.43 Å². The Labute approximate surface area is 96.3 Å². The molecule has 0 spiro atoms. The van der Waals surface area contributed by atoms with Gasteiger partial charge in [-0.3, -0.25) is 4.79 Å². The molecule has 0 fully saturated rings. The lowest BCUT2D eigenvalue weighted by molar-refractivity contribution is 0.112. The third-order valence-corrected chi connectivity index (χ3v) is 2.91. The molecule has 0 radical (unpaired) electrons. The van der Waals surface area contributed by atoms with Crippen LogP contribution in [0.25, 0.3) is 0 Å². The topological polar surface area (TPSA) is 26.3 Å². The summed E-state index contributed by atoms with van der Waals surface area (Å²) in [5.74, 6) is 1.08. The number of alkyl halides is 1. The van der Waals surface area contributed by atoms with E-state index in [2.05, 4.69) is 19.6 Å². The maximum absolute atomic E-state index is 10.9. The van der Waals surface area contributed by atoms with Crippen LogP contribution in [0.1, 0.15) is 15.9 Å². The number of benzene rings is 1. The highest BCUT2D eigenvalue weighted by atomic mass is 35.5. The van der Waals surface area contributed by atoms with Crippen LogP contribution >= 0.6 is 11.6 Å². The Kier molecular flexibility index (Phi) is 3.94. The molecule has 0 heterocycles. The lowest BCUT2D eigenvalue weighted by Gasteiger charge is -2.20. The second-order valence-electron chi connectivity index (χ2n) is 4.34. The molecule has 0 aromatic heterocycles. The van der Waals surface area contributed by atoms with Crippen LogP contribution in [-0.2, 0) is 5.88 Å². The Morgan fingerprint density at radius 2 is 2.07 bits per heavy atom. The number of hydrogen-bond acceptors (Lipinski definition) is 2. The second kappa shape index (κ2) is 4.81. The Balaban J connectivity index is 3.03. The van der Waals surface area contributed by atoms with Gasteiger partial charge in [0.2, 0.25) is 8.32 Å². The minimum Gasteiger partial charge on any atom is -0.544 e. The maximum atomic E-state index is 10.9. The van der Waals surface area contributed by atoms with Crippen molar-refractivity contribution in [1.29, 1.82) is 0 Å². The molecule has 1 aromatic carbocycles. The largest absolute Gasteiger partial charge is 0.544 e. The summed E-state index contributed by atoms with van der Waals surface area (Å²) >= 11 is 5.69. The predicted octanol–water partition coefficient (Wildman–Crippen LogP) is 3.45. The zero-order chi connectivity index (χ0) is 11.5. The van der Waals surface area contributed by atoms with Gasteiger partial charge in [0.1, 0.15) is 5.75 Å². The van der Waals surface area contributed by atoms with Gasteiger partial charge in [-0.25, -0.2) is 0 Å². The summed E-state index contributed by atoms with van der Waals surface area (Å²) in [6.45, 7) is 6.24. The molecule has 0 bridgehead atoms. The number of carbonyl (C=O) groups is 1. The summed E-state index contributed by atoms with van der Waals surface area (Å²) < 4.78 is 5.79. The highest BCUT2D eigenvalue weighted by Crippen LogP contribution is 2.22. The molecule has 1 aromatic rings. The van der Waals surface area contributed by atoms with Crippen LogP contribution in [0.2, 0.25) is 19.6 Å². The quantitative estimate of drug-likeness (QED) is 0.459. The maximum Gasteiger partial charge on any atom is 0.242 e. The van der Waals surface area contributed by atoms with E-state index in [1.807, 2.05) is 12.1 Å². The second-order valence-corrected chi connectivity index (χ2v) is 9.03. The van der Waals surface area contributed by atoms with E-state index in [1.165, 1.54) is 0 Å². The Morgan fingerprint density at radius 1 is 1.40 bits per heavy atom. The minimum absolute atomic E-state index is 0.411. The fourth-order valence-corrected chi connectivity index (χ4v) is 2.21. The predicted molar refractivity (Wildman–Crippen MR) is 65.4 cm³/mol.